The van der Waals surface area contributed by atoms with Crippen molar-refractivity contribution >= 4 is 0 Å². The summed E-state index contributed by atoms with van der Waals surface area (Å²) in [5.74, 6) is 2.76. The molecule has 0 aromatic rings. The quantitative estimate of drug-likeness (QED) is 0.600. The average Bonchev–Trinajstić information content (AvgIpc) is 2.69. The second kappa shape index (κ2) is 6.67. The van der Waals surface area contributed by atoms with Crippen molar-refractivity contribution < 1.29 is 0 Å². The fourth-order valence-electron chi connectivity index (χ4n) is 3.83. The zero-order valence-corrected chi connectivity index (χ0v) is 10.9. The van der Waals surface area contributed by atoms with Crippen LogP contribution >= 0.6 is 0 Å². The van der Waals surface area contributed by atoms with E-state index in [0.717, 1.165) is 17.8 Å². The number of rotatable bonds is 3. The topological polar surface area (TPSA) is 0 Å². The van der Waals surface area contributed by atoms with Gasteiger partial charge in [0.25, 0.3) is 0 Å². The predicted octanol–water partition coefficient (Wildman–Crippen LogP) is 5.38. The van der Waals surface area contributed by atoms with Gasteiger partial charge in [0.05, 0.1) is 0 Å². The van der Waals surface area contributed by atoms with Gasteiger partial charge in [-0.2, -0.15) is 0 Å². The van der Waals surface area contributed by atoms with Gasteiger partial charge in [-0.3, -0.25) is 0 Å². The lowest BCUT2D eigenvalue weighted by Crippen LogP contribution is -2.16. The Balaban J connectivity index is 1.74. The van der Waals surface area contributed by atoms with Crippen molar-refractivity contribution in [3.63, 3.8) is 0 Å². The highest BCUT2D eigenvalue weighted by atomic mass is 14.3. The highest BCUT2D eigenvalue weighted by Gasteiger charge is 2.23. The first-order valence-corrected chi connectivity index (χ1v) is 7.69. The molecule has 1 atom stereocenters. The Labute approximate surface area is 102 Å². The molecule has 0 aliphatic heterocycles. The molecule has 0 saturated heterocycles. The molecule has 0 heterocycles. The van der Waals surface area contributed by atoms with E-state index in [2.05, 4.69) is 6.92 Å². The Morgan fingerprint density at radius 3 is 1.88 bits per heavy atom. The highest BCUT2D eigenvalue weighted by molar-refractivity contribution is 4.78. The average molecular weight is 221 g/mol. The fourth-order valence-corrected chi connectivity index (χ4v) is 3.83. The first-order valence-electron chi connectivity index (χ1n) is 7.69. The van der Waals surface area contributed by atoms with Crippen LogP contribution in [-0.4, -0.2) is 0 Å². The lowest BCUT2D eigenvalue weighted by atomic mass is 9.78. The Hall–Kier alpha value is 0. The van der Waals surface area contributed by atoms with Crippen LogP contribution in [0.1, 0.15) is 77.0 Å². The minimum atomic E-state index is 0.765. The molecule has 0 amide bonds. The highest BCUT2D eigenvalue weighted by Crippen LogP contribution is 2.36. The maximum atomic E-state index is 4.50. The smallest absolute Gasteiger partial charge is 0.0383 e. The molecule has 93 valence electrons. The van der Waals surface area contributed by atoms with E-state index in [-0.39, 0.29) is 0 Å². The SMILES string of the molecule is [CH2]C(CC1CCCC1)C1CCCCCCC1. The summed E-state index contributed by atoms with van der Waals surface area (Å²) in [6.07, 6.45) is 17.7. The molecule has 0 spiro atoms. The molecule has 16 heavy (non-hydrogen) atoms. The molecule has 0 N–H and O–H groups in total. The van der Waals surface area contributed by atoms with E-state index in [4.69, 9.17) is 0 Å². The van der Waals surface area contributed by atoms with Crippen molar-refractivity contribution in [2.75, 3.05) is 0 Å². The van der Waals surface area contributed by atoms with E-state index in [1.807, 2.05) is 0 Å². The van der Waals surface area contributed by atoms with Crippen LogP contribution in [0.5, 0.6) is 0 Å². The molecular formula is C16H29. The van der Waals surface area contributed by atoms with Gasteiger partial charge in [-0.25, -0.2) is 0 Å². The minimum absolute atomic E-state index is 0.765. The van der Waals surface area contributed by atoms with Crippen molar-refractivity contribution in [3.05, 3.63) is 6.92 Å². The Bertz CT molecular complexity index is 170. The molecule has 2 aliphatic rings. The third-order valence-corrected chi connectivity index (χ3v) is 4.93. The first kappa shape index (κ1) is 12.5. The van der Waals surface area contributed by atoms with Gasteiger partial charge in [-0.15, -0.1) is 0 Å². The second-order valence-corrected chi connectivity index (χ2v) is 6.25. The van der Waals surface area contributed by atoms with Gasteiger partial charge in [0.2, 0.25) is 0 Å². The number of hydrogen-bond acceptors (Lipinski definition) is 0. The Morgan fingerprint density at radius 1 is 0.750 bits per heavy atom. The molecule has 2 saturated carbocycles. The fraction of sp³-hybridized carbons (Fsp3) is 0.938. The molecule has 0 bridgehead atoms. The van der Waals surface area contributed by atoms with Gasteiger partial charge in [-0.05, 0) is 31.1 Å². The van der Waals surface area contributed by atoms with Crippen LogP contribution in [0, 0.1) is 24.7 Å². The largest absolute Gasteiger partial charge is 0.0533 e. The Kier molecular flexibility index (Phi) is 5.19. The van der Waals surface area contributed by atoms with Crippen molar-refractivity contribution in [2.45, 2.75) is 77.0 Å². The summed E-state index contributed by atoms with van der Waals surface area (Å²) in [6, 6.07) is 0. The molecule has 0 aromatic carbocycles. The maximum absolute atomic E-state index is 4.50. The van der Waals surface area contributed by atoms with Crippen LogP contribution in [0.25, 0.3) is 0 Å². The molecule has 1 radical (unpaired) electrons. The molecule has 2 fully saturated rings. The van der Waals surface area contributed by atoms with Crippen molar-refractivity contribution in [2.24, 2.45) is 17.8 Å². The van der Waals surface area contributed by atoms with Crippen LogP contribution in [0.15, 0.2) is 0 Å². The zero-order valence-electron chi connectivity index (χ0n) is 10.9. The summed E-state index contributed by atoms with van der Waals surface area (Å²) in [7, 11) is 0. The lowest BCUT2D eigenvalue weighted by molar-refractivity contribution is 0.261. The number of hydrogen-bond donors (Lipinski definition) is 0. The van der Waals surface area contributed by atoms with Crippen LogP contribution in [0.2, 0.25) is 0 Å². The minimum Gasteiger partial charge on any atom is -0.0533 e. The molecule has 2 rings (SSSR count). The van der Waals surface area contributed by atoms with E-state index in [1.54, 1.807) is 0 Å². The van der Waals surface area contributed by atoms with Gasteiger partial charge in [0.15, 0.2) is 0 Å². The molecule has 2 aliphatic carbocycles. The van der Waals surface area contributed by atoms with Gasteiger partial charge < -0.3 is 0 Å². The van der Waals surface area contributed by atoms with Crippen LogP contribution < -0.4 is 0 Å². The summed E-state index contributed by atoms with van der Waals surface area (Å²) in [4.78, 5) is 0. The van der Waals surface area contributed by atoms with Crippen LogP contribution in [0.3, 0.4) is 0 Å². The van der Waals surface area contributed by atoms with E-state index in [0.29, 0.717) is 0 Å². The first-order chi connectivity index (χ1) is 7.86. The molecule has 0 nitrogen and oxygen atoms in total. The molecular weight excluding hydrogens is 192 g/mol. The van der Waals surface area contributed by atoms with Gasteiger partial charge >= 0.3 is 0 Å². The summed E-state index contributed by atoms with van der Waals surface area (Å²) in [5.41, 5.74) is 0. The van der Waals surface area contributed by atoms with Crippen molar-refractivity contribution in [3.8, 4) is 0 Å². The standard InChI is InChI=1S/C16H29/c1-14(13-15-9-7-8-10-15)16-11-5-3-2-4-6-12-16/h14-16H,1-13H2. The van der Waals surface area contributed by atoms with Gasteiger partial charge in [0, 0.05) is 0 Å². The van der Waals surface area contributed by atoms with Crippen molar-refractivity contribution in [1.82, 2.24) is 0 Å². The van der Waals surface area contributed by atoms with Gasteiger partial charge in [0.1, 0.15) is 0 Å². The van der Waals surface area contributed by atoms with Crippen LogP contribution in [-0.2, 0) is 0 Å². The lowest BCUT2D eigenvalue weighted by Gasteiger charge is -2.27. The van der Waals surface area contributed by atoms with Crippen molar-refractivity contribution in [1.29, 1.82) is 0 Å². The molecule has 1 unspecified atom stereocenters. The summed E-state index contributed by atoms with van der Waals surface area (Å²) >= 11 is 0. The Morgan fingerprint density at radius 2 is 1.25 bits per heavy atom. The molecule has 0 heteroatoms. The summed E-state index contributed by atoms with van der Waals surface area (Å²) in [6.45, 7) is 4.50. The zero-order chi connectivity index (χ0) is 11.2. The maximum Gasteiger partial charge on any atom is -0.0383 e. The second-order valence-electron chi connectivity index (χ2n) is 6.25. The predicted molar refractivity (Wildman–Crippen MR) is 71.2 cm³/mol. The van der Waals surface area contributed by atoms with E-state index in [9.17, 15) is 0 Å². The van der Waals surface area contributed by atoms with E-state index < -0.39 is 0 Å². The van der Waals surface area contributed by atoms with Gasteiger partial charge in [-0.1, -0.05) is 70.6 Å². The van der Waals surface area contributed by atoms with E-state index in [1.165, 1.54) is 77.0 Å². The third kappa shape index (κ3) is 3.79. The monoisotopic (exact) mass is 221 g/mol. The summed E-state index contributed by atoms with van der Waals surface area (Å²) in [5, 5.41) is 0. The normalized spacial score (nSPS) is 27.6. The van der Waals surface area contributed by atoms with E-state index >= 15 is 0 Å². The molecule has 0 aromatic heterocycles. The third-order valence-electron chi connectivity index (χ3n) is 4.93. The summed E-state index contributed by atoms with van der Waals surface area (Å²) < 4.78 is 0. The van der Waals surface area contributed by atoms with Crippen LogP contribution in [0.4, 0.5) is 0 Å².